The van der Waals surface area contributed by atoms with Crippen molar-refractivity contribution >= 4 is 29.3 Å². The highest BCUT2D eigenvalue weighted by atomic mass is 32.2. The topological polar surface area (TPSA) is 78.1 Å². The van der Waals surface area contributed by atoms with Crippen LogP contribution in [0.15, 0.2) is 36.7 Å². The van der Waals surface area contributed by atoms with E-state index in [2.05, 4.69) is 15.3 Å². The maximum absolute atomic E-state index is 12.5. The molecule has 2 N–H and O–H groups in total. The van der Waals surface area contributed by atoms with E-state index in [1.807, 2.05) is 31.2 Å². The van der Waals surface area contributed by atoms with Gasteiger partial charge >= 0.3 is 0 Å². The van der Waals surface area contributed by atoms with Crippen LogP contribution in [0.5, 0.6) is 0 Å². The molecule has 0 unspecified atom stereocenters. The first-order chi connectivity index (χ1) is 11.7. The molecule has 24 heavy (non-hydrogen) atoms. The van der Waals surface area contributed by atoms with Gasteiger partial charge in [0.15, 0.2) is 0 Å². The van der Waals surface area contributed by atoms with Gasteiger partial charge in [0.25, 0.3) is 0 Å². The number of benzene rings is 1. The van der Waals surface area contributed by atoms with Crippen molar-refractivity contribution in [3.8, 4) is 11.4 Å². The number of aromatic amines is 1. The predicted octanol–water partition coefficient (Wildman–Crippen LogP) is 2.72. The molecular weight excluding hydrogens is 324 g/mol. The number of imidazole rings is 1. The van der Waals surface area contributed by atoms with E-state index in [0.29, 0.717) is 18.1 Å². The van der Waals surface area contributed by atoms with Crippen LogP contribution in [0, 0.1) is 0 Å². The third-order valence-corrected chi connectivity index (χ3v) is 4.91. The van der Waals surface area contributed by atoms with E-state index in [1.165, 1.54) is 0 Å². The Labute approximate surface area is 145 Å². The molecule has 1 fully saturated rings. The molecule has 0 radical (unpaired) electrons. The summed E-state index contributed by atoms with van der Waals surface area (Å²) in [6.45, 7) is 1.97. The number of H-pyrrole nitrogens is 1. The number of hydrogen-bond donors (Lipinski definition) is 2. The monoisotopic (exact) mass is 344 g/mol. The molecule has 6 nitrogen and oxygen atoms in total. The Morgan fingerprint density at radius 2 is 2.17 bits per heavy atom. The number of carbonyl (C=O) groups is 2. The Hall–Kier alpha value is -2.28. The lowest BCUT2D eigenvalue weighted by Gasteiger charge is -2.23. The van der Waals surface area contributed by atoms with Gasteiger partial charge in [0.2, 0.25) is 11.8 Å². The number of hydrogen-bond acceptors (Lipinski definition) is 4. The molecule has 1 aliphatic heterocycles. The van der Waals surface area contributed by atoms with Crippen LogP contribution in [0.2, 0.25) is 0 Å². The molecule has 7 heteroatoms. The zero-order valence-electron chi connectivity index (χ0n) is 13.5. The number of thioether (sulfide) groups is 1. The summed E-state index contributed by atoms with van der Waals surface area (Å²) >= 11 is 1.62. The molecule has 1 aliphatic rings. The van der Waals surface area contributed by atoms with Gasteiger partial charge in [0, 0.05) is 35.8 Å². The van der Waals surface area contributed by atoms with Gasteiger partial charge in [-0.15, -0.1) is 11.8 Å². The molecule has 1 aromatic carbocycles. The summed E-state index contributed by atoms with van der Waals surface area (Å²) in [7, 11) is 0. The van der Waals surface area contributed by atoms with Crippen molar-refractivity contribution < 1.29 is 9.59 Å². The van der Waals surface area contributed by atoms with E-state index < -0.39 is 0 Å². The van der Waals surface area contributed by atoms with Crippen molar-refractivity contribution in [3.05, 3.63) is 36.7 Å². The Morgan fingerprint density at radius 1 is 1.38 bits per heavy atom. The van der Waals surface area contributed by atoms with Crippen molar-refractivity contribution in [1.82, 2.24) is 14.9 Å². The van der Waals surface area contributed by atoms with Gasteiger partial charge in [-0.3, -0.25) is 9.59 Å². The summed E-state index contributed by atoms with van der Waals surface area (Å²) in [6.07, 6.45) is 4.75. The van der Waals surface area contributed by atoms with Crippen LogP contribution in [0.4, 0.5) is 5.69 Å². The number of rotatable bonds is 5. The molecule has 0 bridgehead atoms. The highest BCUT2D eigenvalue weighted by Gasteiger charge is 2.34. The lowest BCUT2D eigenvalue weighted by Crippen LogP contribution is -2.44. The Bertz CT molecular complexity index is 700. The summed E-state index contributed by atoms with van der Waals surface area (Å²) < 4.78 is 0. The van der Waals surface area contributed by atoms with E-state index >= 15 is 0 Å². The normalized spacial score (nSPS) is 17.0. The standard InChI is InChI=1S/C17H20N4O2S/c1-2-3-15(22)21-11-24-10-14(21)17(23)20-13-6-4-12(5-7-13)16-18-8-9-19-16/h4-9,14H,2-3,10-11H2,1H3,(H,18,19)(H,20,23)/t14-/m0/s1. The number of nitrogens with one attached hydrogen (secondary N) is 2. The van der Waals surface area contributed by atoms with Crippen LogP contribution in [-0.2, 0) is 9.59 Å². The number of aromatic nitrogens is 2. The third-order valence-electron chi connectivity index (χ3n) is 3.89. The smallest absolute Gasteiger partial charge is 0.248 e. The van der Waals surface area contributed by atoms with Crippen LogP contribution < -0.4 is 5.32 Å². The van der Waals surface area contributed by atoms with Crippen LogP contribution in [0.3, 0.4) is 0 Å². The van der Waals surface area contributed by atoms with Crippen molar-refractivity contribution in [3.63, 3.8) is 0 Å². The lowest BCUT2D eigenvalue weighted by atomic mass is 10.2. The second kappa shape index (κ2) is 7.53. The summed E-state index contributed by atoms with van der Waals surface area (Å²) in [5, 5.41) is 2.91. The molecule has 2 amide bonds. The Balaban J connectivity index is 1.65. The van der Waals surface area contributed by atoms with Gasteiger partial charge < -0.3 is 15.2 Å². The van der Waals surface area contributed by atoms with E-state index in [-0.39, 0.29) is 17.9 Å². The fourth-order valence-corrected chi connectivity index (χ4v) is 3.80. The first kappa shape index (κ1) is 16.6. The van der Waals surface area contributed by atoms with Gasteiger partial charge in [0.1, 0.15) is 11.9 Å². The number of anilines is 1. The van der Waals surface area contributed by atoms with E-state index in [1.54, 1.807) is 29.1 Å². The molecule has 126 valence electrons. The van der Waals surface area contributed by atoms with Crippen molar-refractivity contribution in [1.29, 1.82) is 0 Å². The van der Waals surface area contributed by atoms with Gasteiger partial charge in [-0.05, 0) is 30.7 Å². The van der Waals surface area contributed by atoms with Crippen LogP contribution in [0.1, 0.15) is 19.8 Å². The molecule has 3 rings (SSSR count). The molecule has 0 aliphatic carbocycles. The van der Waals surface area contributed by atoms with E-state index in [9.17, 15) is 9.59 Å². The Kier molecular flexibility index (Phi) is 5.20. The Morgan fingerprint density at radius 3 is 2.83 bits per heavy atom. The third kappa shape index (κ3) is 3.62. The fourth-order valence-electron chi connectivity index (χ4n) is 2.62. The molecule has 1 aromatic heterocycles. The molecule has 2 aromatic rings. The quantitative estimate of drug-likeness (QED) is 0.874. The molecule has 0 spiro atoms. The van der Waals surface area contributed by atoms with Gasteiger partial charge in [-0.2, -0.15) is 0 Å². The summed E-state index contributed by atoms with van der Waals surface area (Å²) in [6, 6.07) is 7.10. The van der Waals surface area contributed by atoms with E-state index in [4.69, 9.17) is 0 Å². The SMILES string of the molecule is CCCC(=O)N1CSC[C@H]1C(=O)Nc1ccc(-c2ncc[nH]2)cc1. The minimum Gasteiger partial charge on any atom is -0.345 e. The van der Waals surface area contributed by atoms with Crippen molar-refractivity contribution in [2.24, 2.45) is 0 Å². The second-order valence-corrected chi connectivity index (χ2v) is 6.63. The number of carbonyl (C=O) groups excluding carboxylic acids is 2. The summed E-state index contributed by atoms with van der Waals surface area (Å²) in [4.78, 5) is 33.5. The lowest BCUT2D eigenvalue weighted by molar-refractivity contribution is -0.136. The fraction of sp³-hybridized carbons (Fsp3) is 0.353. The first-order valence-electron chi connectivity index (χ1n) is 7.97. The van der Waals surface area contributed by atoms with Gasteiger partial charge in [-0.25, -0.2) is 4.98 Å². The number of nitrogens with zero attached hydrogens (tertiary/aromatic N) is 2. The average molecular weight is 344 g/mol. The molecule has 1 saturated heterocycles. The van der Waals surface area contributed by atoms with Crippen molar-refractivity contribution in [2.45, 2.75) is 25.8 Å². The van der Waals surface area contributed by atoms with E-state index in [0.717, 1.165) is 23.5 Å². The highest BCUT2D eigenvalue weighted by Crippen LogP contribution is 2.24. The predicted molar refractivity (Wildman–Crippen MR) is 95.5 cm³/mol. The largest absolute Gasteiger partial charge is 0.345 e. The highest BCUT2D eigenvalue weighted by molar-refractivity contribution is 7.99. The summed E-state index contributed by atoms with van der Waals surface area (Å²) in [5.41, 5.74) is 1.67. The summed E-state index contributed by atoms with van der Waals surface area (Å²) in [5.74, 6) is 1.95. The van der Waals surface area contributed by atoms with Crippen LogP contribution in [0.25, 0.3) is 11.4 Å². The average Bonchev–Trinajstić information content (AvgIpc) is 3.27. The van der Waals surface area contributed by atoms with Crippen molar-refractivity contribution in [2.75, 3.05) is 16.9 Å². The first-order valence-corrected chi connectivity index (χ1v) is 9.12. The minimum absolute atomic E-state index is 0.0517. The van der Waals surface area contributed by atoms with Gasteiger partial charge in [-0.1, -0.05) is 6.92 Å². The van der Waals surface area contributed by atoms with Gasteiger partial charge in [0.05, 0.1) is 5.88 Å². The zero-order valence-corrected chi connectivity index (χ0v) is 14.3. The molecule has 1 atom stereocenters. The zero-order chi connectivity index (χ0) is 16.9. The maximum atomic E-state index is 12.5. The number of amides is 2. The molecule has 0 saturated carbocycles. The second-order valence-electron chi connectivity index (χ2n) is 5.63. The van der Waals surface area contributed by atoms with Crippen LogP contribution in [-0.4, -0.2) is 44.4 Å². The minimum atomic E-state index is -0.390. The molecule has 2 heterocycles. The van der Waals surface area contributed by atoms with Crippen LogP contribution >= 0.6 is 11.8 Å². The molecular formula is C17H20N4O2S. The maximum Gasteiger partial charge on any atom is 0.248 e.